The number of nitrogens with zero attached hydrogens (tertiary/aromatic N) is 2. The van der Waals surface area contributed by atoms with Gasteiger partial charge in [0.2, 0.25) is 0 Å². The maximum absolute atomic E-state index is 6.45. The summed E-state index contributed by atoms with van der Waals surface area (Å²) in [7, 11) is 4.26. The summed E-state index contributed by atoms with van der Waals surface area (Å²) in [5.74, 6) is 0. The topological polar surface area (TPSA) is 32.5 Å². The van der Waals surface area contributed by atoms with Crippen molar-refractivity contribution in [3.63, 3.8) is 0 Å². The zero-order valence-electron chi connectivity index (χ0n) is 11.4. The summed E-state index contributed by atoms with van der Waals surface area (Å²) in [6.07, 6.45) is 1.17. The molecule has 0 bridgehead atoms. The van der Waals surface area contributed by atoms with Gasteiger partial charge in [0, 0.05) is 18.6 Å². The molecule has 1 aromatic carbocycles. The molecule has 106 valence electrons. The van der Waals surface area contributed by atoms with Crippen molar-refractivity contribution in [3.8, 4) is 0 Å². The first-order chi connectivity index (χ1) is 9.00. The Morgan fingerprint density at radius 2 is 2.00 bits per heavy atom. The van der Waals surface area contributed by atoms with E-state index in [-0.39, 0.29) is 12.1 Å². The zero-order valence-corrected chi connectivity index (χ0v) is 13.0. The third-order valence-corrected chi connectivity index (χ3v) is 4.70. The van der Waals surface area contributed by atoms with Gasteiger partial charge in [-0.2, -0.15) is 0 Å². The number of halogens is 2. The van der Waals surface area contributed by atoms with Crippen LogP contribution in [-0.2, 0) is 0 Å². The molecule has 1 fully saturated rings. The molecule has 3 nitrogen and oxygen atoms in total. The number of nitrogens with two attached hydrogens (primary N) is 1. The third-order valence-electron chi connectivity index (χ3n) is 3.87. The molecule has 0 amide bonds. The maximum Gasteiger partial charge on any atom is 0.0640 e. The molecule has 0 saturated carbocycles. The van der Waals surface area contributed by atoms with E-state index < -0.39 is 0 Å². The van der Waals surface area contributed by atoms with E-state index in [4.69, 9.17) is 28.9 Å². The largest absolute Gasteiger partial charge is 0.323 e. The van der Waals surface area contributed by atoms with Crippen molar-refractivity contribution >= 4 is 23.2 Å². The molecule has 0 aliphatic carbocycles. The molecule has 1 aliphatic heterocycles. The van der Waals surface area contributed by atoms with Gasteiger partial charge in [0.05, 0.1) is 10.0 Å². The summed E-state index contributed by atoms with van der Waals surface area (Å²) in [5, 5.41) is 1.15. The molecule has 0 spiro atoms. The first-order valence-electron chi connectivity index (χ1n) is 6.59. The maximum atomic E-state index is 6.45. The van der Waals surface area contributed by atoms with Crippen LogP contribution in [0.5, 0.6) is 0 Å². The fraction of sp³-hybridized carbons (Fsp3) is 0.571. The Hall–Kier alpha value is -0.320. The normalized spacial score (nSPS) is 24.2. The van der Waals surface area contributed by atoms with Gasteiger partial charge in [-0.05, 0) is 45.2 Å². The predicted octanol–water partition coefficient (Wildman–Crippen LogP) is 2.63. The van der Waals surface area contributed by atoms with E-state index in [0.29, 0.717) is 10.0 Å². The minimum absolute atomic E-state index is 0.128. The van der Waals surface area contributed by atoms with E-state index in [1.54, 1.807) is 6.07 Å². The van der Waals surface area contributed by atoms with Gasteiger partial charge in [-0.1, -0.05) is 35.3 Å². The van der Waals surface area contributed by atoms with Crippen molar-refractivity contribution < 1.29 is 0 Å². The number of rotatable bonds is 2. The molecule has 19 heavy (non-hydrogen) atoms. The van der Waals surface area contributed by atoms with Crippen LogP contribution < -0.4 is 5.73 Å². The van der Waals surface area contributed by atoms with Gasteiger partial charge >= 0.3 is 0 Å². The summed E-state index contributed by atoms with van der Waals surface area (Å²) in [5.41, 5.74) is 7.38. The fourth-order valence-electron chi connectivity index (χ4n) is 2.68. The second kappa shape index (κ2) is 6.42. The Labute approximate surface area is 125 Å². The molecular weight excluding hydrogens is 281 g/mol. The van der Waals surface area contributed by atoms with Crippen LogP contribution in [-0.4, -0.2) is 49.6 Å². The third kappa shape index (κ3) is 3.41. The summed E-state index contributed by atoms with van der Waals surface area (Å²) < 4.78 is 0. The molecule has 0 aromatic heterocycles. The minimum atomic E-state index is -0.128. The Kier molecular flexibility index (Phi) is 5.09. The van der Waals surface area contributed by atoms with Crippen LogP contribution in [0.15, 0.2) is 18.2 Å². The predicted molar refractivity (Wildman–Crippen MR) is 81.9 cm³/mol. The molecule has 2 atom stereocenters. The van der Waals surface area contributed by atoms with Gasteiger partial charge in [-0.3, -0.25) is 0 Å². The van der Waals surface area contributed by atoms with Gasteiger partial charge < -0.3 is 15.5 Å². The second-order valence-corrected chi connectivity index (χ2v) is 6.12. The molecule has 1 heterocycles. The molecule has 2 rings (SSSR count). The van der Waals surface area contributed by atoms with Crippen molar-refractivity contribution in [1.29, 1.82) is 0 Å². The second-order valence-electron chi connectivity index (χ2n) is 5.33. The fourth-order valence-corrected chi connectivity index (χ4v) is 3.11. The molecule has 2 unspecified atom stereocenters. The van der Waals surface area contributed by atoms with Crippen LogP contribution in [0, 0.1) is 0 Å². The number of benzene rings is 1. The summed E-state index contributed by atoms with van der Waals surface area (Å²) in [6, 6.07) is 5.80. The van der Waals surface area contributed by atoms with Gasteiger partial charge in [0.25, 0.3) is 0 Å². The molecular formula is C14H21Cl2N3. The van der Waals surface area contributed by atoms with E-state index >= 15 is 0 Å². The van der Waals surface area contributed by atoms with Gasteiger partial charge in [-0.25, -0.2) is 0 Å². The zero-order chi connectivity index (χ0) is 14.0. The van der Waals surface area contributed by atoms with Crippen molar-refractivity contribution in [2.24, 2.45) is 5.73 Å². The van der Waals surface area contributed by atoms with Gasteiger partial charge in [0.1, 0.15) is 0 Å². The summed E-state index contributed by atoms with van der Waals surface area (Å²) in [6.45, 7) is 3.11. The average Bonchev–Trinajstić information content (AvgIpc) is 2.54. The highest BCUT2D eigenvalue weighted by Gasteiger charge is 2.28. The molecule has 1 aromatic rings. The standard InChI is InChI=1S/C14H21Cl2N3/c1-18-7-4-8-19(2)12(9-18)14(17)10-5-3-6-11(15)13(10)16/h3,5-6,12,14H,4,7-9,17H2,1-2H3. The van der Waals surface area contributed by atoms with Crippen LogP contribution >= 0.6 is 23.2 Å². The number of hydrogen-bond acceptors (Lipinski definition) is 3. The monoisotopic (exact) mass is 301 g/mol. The van der Waals surface area contributed by atoms with Crippen molar-refractivity contribution in [2.75, 3.05) is 33.7 Å². The van der Waals surface area contributed by atoms with Crippen molar-refractivity contribution in [3.05, 3.63) is 33.8 Å². The van der Waals surface area contributed by atoms with Crippen LogP contribution in [0.25, 0.3) is 0 Å². The van der Waals surface area contributed by atoms with E-state index in [9.17, 15) is 0 Å². The smallest absolute Gasteiger partial charge is 0.0640 e. The highest BCUT2D eigenvalue weighted by atomic mass is 35.5. The van der Waals surface area contributed by atoms with Crippen LogP contribution in [0.3, 0.4) is 0 Å². The van der Waals surface area contributed by atoms with E-state index in [1.807, 2.05) is 12.1 Å². The Balaban J connectivity index is 2.26. The highest BCUT2D eigenvalue weighted by Crippen LogP contribution is 2.31. The molecule has 5 heteroatoms. The number of likely N-dealkylation sites (N-methyl/N-ethyl adjacent to an activating group) is 2. The van der Waals surface area contributed by atoms with Gasteiger partial charge in [-0.15, -0.1) is 0 Å². The lowest BCUT2D eigenvalue weighted by Crippen LogP contribution is -2.45. The molecule has 1 aliphatic rings. The van der Waals surface area contributed by atoms with E-state index in [2.05, 4.69) is 23.9 Å². The lowest BCUT2D eigenvalue weighted by atomic mass is 9.99. The highest BCUT2D eigenvalue weighted by molar-refractivity contribution is 6.42. The minimum Gasteiger partial charge on any atom is -0.323 e. The van der Waals surface area contributed by atoms with Crippen molar-refractivity contribution in [1.82, 2.24) is 9.80 Å². The van der Waals surface area contributed by atoms with Crippen LogP contribution in [0.4, 0.5) is 0 Å². The Morgan fingerprint density at radius 3 is 2.74 bits per heavy atom. The molecule has 2 N–H and O–H groups in total. The quantitative estimate of drug-likeness (QED) is 0.911. The van der Waals surface area contributed by atoms with Crippen molar-refractivity contribution in [2.45, 2.75) is 18.5 Å². The van der Waals surface area contributed by atoms with E-state index in [0.717, 1.165) is 25.2 Å². The van der Waals surface area contributed by atoms with Gasteiger partial charge in [0.15, 0.2) is 0 Å². The lowest BCUT2D eigenvalue weighted by Gasteiger charge is -2.33. The average molecular weight is 302 g/mol. The van der Waals surface area contributed by atoms with Crippen LogP contribution in [0.1, 0.15) is 18.0 Å². The first-order valence-corrected chi connectivity index (χ1v) is 7.34. The Bertz CT molecular complexity index is 439. The molecule has 1 saturated heterocycles. The number of hydrogen-bond donors (Lipinski definition) is 1. The summed E-state index contributed by atoms with van der Waals surface area (Å²) in [4.78, 5) is 4.65. The SMILES string of the molecule is CN1CCCN(C)C(C(N)c2cccc(Cl)c2Cl)C1. The molecule has 0 radical (unpaired) electrons. The first kappa shape index (κ1) is 15.1. The summed E-state index contributed by atoms with van der Waals surface area (Å²) >= 11 is 12.4. The van der Waals surface area contributed by atoms with E-state index in [1.165, 1.54) is 6.42 Å². The lowest BCUT2D eigenvalue weighted by molar-refractivity contribution is 0.196. The van der Waals surface area contributed by atoms with Crippen LogP contribution in [0.2, 0.25) is 10.0 Å². The Morgan fingerprint density at radius 1 is 1.26 bits per heavy atom.